The van der Waals surface area contributed by atoms with Crippen LogP contribution in [0.2, 0.25) is 0 Å². The van der Waals surface area contributed by atoms with Gasteiger partial charge in [-0.05, 0) is 0 Å². The Morgan fingerprint density at radius 3 is 1.52 bits per heavy atom. The molecule has 0 unspecified atom stereocenters. The van der Waals surface area contributed by atoms with Gasteiger partial charge in [-0.2, -0.15) is 0 Å². The largest absolute Gasteiger partial charge is 0.394 e. The number of rotatable bonds is 11. The van der Waals surface area contributed by atoms with E-state index >= 15 is 0 Å². The molecule has 0 radical (unpaired) electrons. The lowest BCUT2D eigenvalue weighted by Gasteiger charge is -2.49. The van der Waals surface area contributed by atoms with Crippen LogP contribution in [0.4, 0.5) is 0 Å². The molecule has 20 atom stereocenters. The molecule has 1 amide bonds. The zero-order chi connectivity index (χ0) is 35.6. The summed E-state index contributed by atoms with van der Waals surface area (Å²) < 4.78 is 38.4. The summed E-state index contributed by atoms with van der Waals surface area (Å²) in [6, 6.07) is -1.59. The molecular weight excluding hydrogens is 662 g/mol. The van der Waals surface area contributed by atoms with E-state index in [1.165, 1.54) is 0 Å². The predicted octanol–water partition coefficient (Wildman–Crippen LogP) is -9.61. The number of aliphatic hydroxyl groups is 13. The molecule has 280 valence electrons. The minimum absolute atomic E-state index is 0.746. The van der Waals surface area contributed by atoms with Gasteiger partial charge in [0.25, 0.3) is 0 Å². The topological polar surface area (TPSA) is 357 Å². The first-order valence-electron chi connectivity index (χ1n) is 15.1. The van der Waals surface area contributed by atoms with Gasteiger partial charge in [0.05, 0.1) is 26.4 Å². The van der Waals surface area contributed by atoms with Gasteiger partial charge in [0, 0.05) is 6.92 Å². The third-order valence-electron chi connectivity index (χ3n) is 8.61. The smallest absolute Gasteiger partial charge is 0.217 e. The van der Waals surface area contributed by atoms with Crippen LogP contribution in [0.5, 0.6) is 0 Å². The zero-order valence-corrected chi connectivity index (χ0v) is 25.5. The summed E-state index contributed by atoms with van der Waals surface area (Å²) in [6.07, 6.45) is -33.5. The van der Waals surface area contributed by atoms with Crippen LogP contribution in [0.3, 0.4) is 0 Å². The molecule has 14 N–H and O–H groups in total. The van der Waals surface area contributed by atoms with Crippen molar-refractivity contribution in [3.63, 3.8) is 0 Å². The van der Waals surface area contributed by atoms with E-state index < -0.39 is 155 Å². The van der Waals surface area contributed by atoms with Crippen molar-refractivity contribution in [2.75, 3.05) is 26.4 Å². The van der Waals surface area contributed by atoms with Crippen molar-refractivity contribution in [3.8, 4) is 0 Å². The maximum absolute atomic E-state index is 12.1. The number of aliphatic hydroxyl groups excluding tert-OH is 13. The quantitative estimate of drug-likeness (QED) is 0.0947. The molecule has 4 rings (SSSR count). The van der Waals surface area contributed by atoms with Crippen LogP contribution in [0, 0.1) is 0 Å². The van der Waals surface area contributed by atoms with Crippen molar-refractivity contribution in [2.24, 2.45) is 0 Å². The highest BCUT2D eigenvalue weighted by Crippen LogP contribution is 2.34. The van der Waals surface area contributed by atoms with E-state index in [0.717, 1.165) is 6.92 Å². The van der Waals surface area contributed by atoms with Gasteiger partial charge in [0.15, 0.2) is 25.2 Å². The number of nitrogens with one attached hydrogen (secondary N) is 1. The van der Waals surface area contributed by atoms with E-state index in [1.807, 2.05) is 0 Å². The Kier molecular flexibility index (Phi) is 13.8. The lowest BCUT2D eigenvalue weighted by atomic mass is 9.94. The van der Waals surface area contributed by atoms with Gasteiger partial charge in [0.1, 0.15) is 97.6 Å². The average Bonchev–Trinajstić information content (AvgIpc) is 3.06. The van der Waals surface area contributed by atoms with E-state index in [-0.39, 0.29) is 0 Å². The number of ether oxygens (including phenoxy) is 7. The molecule has 0 aromatic heterocycles. The van der Waals surface area contributed by atoms with E-state index in [0.29, 0.717) is 0 Å². The summed E-state index contributed by atoms with van der Waals surface area (Å²) in [7, 11) is 0. The van der Waals surface area contributed by atoms with Gasteiger partial charge in [-0.15, -0.1) is 0 Å². The van der Waals surface area contributed by atoms with Crippen molar-refractivity contribution in [1.82, 2.24) is 5.32 Å². The number of hydrogen-bond acceptors (Lipinski definition) is 21. The second-order valence-electron chi connectivity index (χ2n) is 11.9. The van der Waals surface area contributed by atoms with Crippen molar-refractivity contribution < 1.29 is 104 Å². The van der Waals surface area contributed by atoms with E-state index in [1.54, 1.807) is 0 Å². The Bertz CT molecular complexity index is 1030. The number of carbonyl (C=O) groups is 1. The molecule has 0 aliphatic carbocycles. The first kappa shape index (κ1) is 39.5. The number of hydrogen-bond donors (Lipinski definition) is 14. The first-order chi connectivity index (χ1) is 22.7. The van der Waals surface area contributed by atoms with Gasteiger partial charge in [-0.1, -0.05) is 0 Å². The van der Waals surface area contributed by atoms with Gasteiger partial charge in [-0.3, -0.25) is 4.79 Å². The summed E-state index contributed by atoms with van der Waals surface area (Å²) in [5.41, 5.74) is 0. The Morgan fingerprint density at radius 1 is 0.500 bits per heavy atom. The highest BCUT2D eigenvalue weighted by molar-refractivity contribution is 5.73. The minimum atomic E-state index is -2.03. The second-order valence-corrected chi connectivity index (χ2v) is 11.9. The van der Waals surface area contributed by atoms with Crippen LogP contribution in [0.15, 0.2) is 0 Å². The molecule has 22 heteroatoms. The fourth-order valence-electron chi connectivity index (χ4n) is 5.93. The summed E-state index contributed by atoms with van der Waals surface area (Å²) in [5, 5.41) is 136. The lowest BCUT2D eigenvalue weighted by Crippen LogP contribution is -2.69. The fourth-order valence-corrected chi connectivity index (χ4v) is 5.93. The molecule has 4 heterocycles. The molecule has 48 heavy (non-hydrogen) atoms. The third-order valence-corrected chi connectivity index (χ3v) is 8.61. The Labute approximate surface area is 272 Å². The zero-order valence-electron chi connectivity index (χ0n) is 25.5. The summed E-state index contributed by atoms with van der Waals surface area (Å²) in [6.45, 7) is -2.33. The monoisotopic (exact) mass is 707 g/mol. The highest BCUT2D eigenvalue weighted by atomic mass is 16.8. The van der Waals surface area contributed by atoms with Gasteiger partial charge in [0.2, 0.25) is 5.91 Å². The van der Waals surface area contributed by atoms with Crippen molar-refractivity contribution in [1.29, 1.82) is 0 Å². The van der Waals surface area contributed by atoms with Gasteiger partial charge in [-0.25, -0.2) is 0 Å². The van der Waals surface area contributed by atoms with Crippen LogP contribution >= 0.6 is 0 Å². The maximum Gasteiger partial charge on any atom is 0.217 e. The molecule has 4 fully saturated rings. The van der Waals surface area contributed by atoms with E-state index in [9.17, 15) is 71.2 Å². The molecule has 0 spiro atoms. The number of carbonyl (C=O) groups excluding carboxylic acids is 1. The normalized spacial score (nSPS) is 50.2. The molecule has 22 nitrogen and oxygen atoms in total. The summed E-state index contributed by atoms with van der Waals surface area (Å²) >= 11 is 0. The molecule has 0 bridgehead atoms. The summed E-state index contributed by atoms with van der Waals surface area (Å²) in [4.78, 5) is 12.1. The SMILES string of the molecule is CC(=O)N[C@H]1[C@H](O[C@H]2[C@@H](O)[C@H](O)[C@@H](CO)O[C@@H]2O)O[C@H](CO)[C@@H](O[C@@H]2O[C@H](CO)[C@H](O)[C@H](O[C@H]3O[C@H](CO)[C@H](O)[C@H](O)[C@H]3O)[C@H]2O)[C@@H]1O. The fraction of sp³-hybridized carbons (Fsp3) is 0.962. The van der Waals surface area contributed by atoms with E-state index in [4.69, 9.17) is 33.2 Å². The standard InChI is InChI=1S/C26H45NO21/c1-6(32)27-11-15(36)20(10(5-31)45-24(11)48-22-17(38)13(34)7(2-28)42-23(22)41)46-26-19(40)21(14(35)9(4-30)44-26)47-25-18(39)16(37)12(33)8(3-29)43-25/h7-26,28-31,33-41H,2-5H2,1H3,(H,27,32)/t7-,8-,9-,10-,11-,12+,13-,14+,15-,16+,17+,18-,19-,20-,21+,22+,23+,24+,25-,26+/m1/s1. The molecule has 0 aromatic rings. The Hall–Kier alpha value is -1.33. The van der Waals surface area contributed by atoms with Crippen LogP contribution in [0.1, 0.15) is 6.92 Å². The molecule has 4 saturated heterocycles. The maximum atomic E-state index is 12.1. The predicted molar refractivity (Wildman–Crippen MR) is 145 cm³/mol. The van der Waals surface area contributed by atoms with E-state index in [2.05, 4.69) is 5.32 Å². The van der Waals surface area contributed by atoms with Crippen LogP contribution < -0.4 is 5.32 Å². The van der Waals surface area contributed by atoms with Crippen LogP contribution in [-0.2, 0) is 38.0 Å². The molecular formula is C26H45NO21. The molecule has 0 aromatic carbocycles. The number of amides is 1. The van der Waals surface area contributed by atoms with Crippen LogP contribution in [-0.4, -0.2) is 221 Å². The van der Waals surface area contributed by atoms with Crippen molar-refractivity contribution in [3.05, 3.63) is 0 Å². The van der Waals surface area contributed by atoms with Gasteiger partial charge >= 0.3 is 0 Å². The van der Waals surface area contributed by atoms with Crippen molar-refractivity contribution in [2.45, 2.75) is 130 Å². The lowest BCUT2D eigenvalue weighted by molar-refractivity contribution is -0.382. The highest BCUT2D eigenvalue weighted by Gasteiger charge is 2.55. The summed E-state index contributed by atoms with van der Waals surface area (Å²) in [5.74, 6) is -0.746. The molecule has 4 aliphatic heterocycles. The Balaban J connectivity index is 1.54. The van der Waals surface area contributed by atoms with Gasteiger partial charge < -0.3 is 105 Å². The molecule has 0 saturated carbocycles. The third kappa shape index (κ3) is 8.08. The van der Waals surface area contributed by atoms with Crippen LogP contribution in [0.25, 0.3) is 0 Å². The minimum Gasteiger partial charge on any atom is -0.394 e. The second kappa shape index (κ2) is 16.8. The molecule has 4 aliphatic rings. The Morgan fingerprint density at radius 2 is 0.958 bits per heavy atom. The van der Waals surface area contributed by atoms with Crippen molar-refractivity contribution >= 4 is 5.91 Å². The first-order valence-corrected chi connectivity index (χ1v) is 15.1. The average molecular weight is 708 g/mol.